The highest BCUT2D eigenvalue weighted by Crippen LogP contribution is 2.44. The van der Waals surface area contributed by atoms with Crippen LogP contribution in [-0.4, -0.2) is 39.4 Å². The van der Waals surface area contributed by atoms with Gasteiger partial charge in [-0.1, -0.05) is 128 Å². The first-order chi connectivity index (χ1) is 18.8. The van der Waals surface area contributed by atoms with Gasteiger partial charge in [0, 0.05) is 6.61 Å². The fourth-order valence-electron chi connectivity index (χ4n) is 6.01. The van der Waals surface area contributed by atoms with Crippen molar-refractivity contribution >= 4 is 27.1 Å². The van der Waals surface area contributed by atoms with Gasteiger partial charge in [0.1, 0.15) is 4.93 Å². The maximum Gasteiger partial charge on any atom is 0.411 e. The number of carboxylic acid groups (broad SMARTS) is 1. The van der Waals surface area contributed by atoms with E-state index >= 15 is 0 Å². The number of hydrogen-bond acceptors (Lipinski definition) is 6. The number of carboxylic acids is 1. The van der Waals surface area contributed by atoms with Crippen molar-refractivity contribution in [3.05, 3.63) is 0 Å². The maximum atomic E-state index is 12.4. The van der Waals surface area contributed by atoms with E-state index in [2.05, 4.69) is 13.8 Å². The summed E-state index contributed by atoms with van der Waals surface area (Å²) in [6.07, 6.45) is 21.2. The lowest BCUT2D eigenvalue weighted by Crippen LogP contribution is -2.53. The van der Waals surface area contributed by atoms with Crippen molar-refractivity contribution in [3.63, 3.8) is 0 Å². The Balaban J connectivity index is 3.08. The van der Waals surface area contributed by atoms with Gasteiger partial charge in [0.2, 0.25) is 6.29 Å². The van der Waals surface area contributed by atoms with Crippen molar-refractivity contribution in [3.8, 4) is 0 Å². The zero-order chi connectivity index (χ0) is 29.0. The zero-order valence-corrected chi connectivity index (χ0v) is 27.2. The van der Waals surface area contributed by atoms with Gasteiger partial charge in [-0.2, -0.15) is 0 Å². The fraction of sp³-hybridized carbons (Fsp3) is 0.968. The molecule has 0 heterocycles. The molecule has 230 valence electrons. The van der Waals surface area contributed by atoms with E-state index in [1.54, 1.807) is 0 Å². The van der Waals surface area contributed by atoms with Crippen LogP contribution in [-0.2, 0) is 18.8 Å². The Morgan fingerprint density at radius 1 is 0.872 bits per heavy atom. The molecule has 0 amide bonds. The molecular weight excluding hydrogens is 531 g/mol. The van der Waals surface area contributed by atoms with Gasteiger partial charge >= 0.3 is 19.8 Å². The van der Waals surface area contributed by atoms with E-state index in [1.807, 2.05) is 6.92 Å². The zero-order valence-electron chi connectivity index (χ0n) is 25.3. The molecule has 6 nitrogen and oxygen atoms in total. The summed E-state index contributed by atoms with van der Waals surface area (Å²) in [6.45, 7) is 6.46. The Kier molecular flexibility index (Phi) is 20.3. The molecule has 39 heavy (non-hydrogen) atoms. The van der Waals surface area contributed by atoms with Crippen molar-refractivity contribution in [2.45, 2.75) is 172 Å². The topological polar surface area (TPSA) is 93.1 Å². The predicted molar refractivity (Wildman–Crippen MR) is 165 cm³/mol. The number of aliphatic hydroxyl groups excluding tert-OH is 1. The Labute approximate surface area is 246 Å². The van der Waals surface area contributed by atoms with E-state index < -0.39 is 31.0 Å². The largest absolute Gasteiger partial charge is 0.476 e. The highest BCUT2D eigenvalue weighted by atomic mass is 32.1. The molecule has 5 atom stereocenters. The minimum atomic E-state index is -2.35. The van der Waals surface area contributed by atoms with Gasteiger partial charge < -0.3 is 19.7 Å². The first-order valence-electron chi connectivity index (χ1n) is 16.1. The molecule has 0 saturated heterocycles. The molecule has 0 aromatic rings. The van der Waals surface area contributed by atoms with Crippen LogP contribution < -0.4 is 0 Å². The van der Waals surface area contributed by atoms with Gasteiger partial charge in [-0.3, -0.25) is 0 Å². The summed E-state index contributed by atoms with van der Waals surface area (Å²) < 4.78 is 24.0. The predicted octanol–water partition coefficient (Wildman–Crippen LogP) is 9.27. The average molecular weight is 592 g/mol. The van der Waals surface area contributed by atoms with Crippen LogP contribution in [0.1, 0.15) is 156 Å². The standard InChI is InChI=1S/C31H59O6PS/c1-4-7-9-10-11-14-18-23-30(39,37-31(38-35,28(32)33)29(34)36-25-6-3)24-22-27(19-15-8-5-2)26-20-16-12-13-17-21-26/h26-27,29,34,39H,4-25H2,1-3H3,(H,32,33)/p+1. The van der Waals surface area contributed by atoms with Crippen LogP contribution in [0.3, 0.4) is 0 Å². The molecule has 1 rings (SSSR count). The molecule has 0 aromatic carbocycles. The molecule has 0 radical (unpaired) electrons. The van der Waals surface area contributed by atoms with E-state index in [0.717, 1.165) is 25.7 Å². The summed E-state index contributed by atoms with van der Waals surface area (Å²) in [7, 11) is -1.42. The molecule has 8 heteroatoms. The van der Waals surface area contributed by atoms with Crippen LogP contribution in [0.25, 0.3) is 0 Å². The summed E-state index contributed by atoms with van der Waals surface area (Å²) in [5.74, 6) is -0.237. The van der Waals surface area contributed by atoms with Crippen molar-refractivity contribution in [2.75, 3.05) is 6.61 Å². The van der Waals surface area contributed by atoms with E-state index in [-0.39, 0.29) is 6.61 Å². The SMILES string of the molecule is CCCCCCCCCC(S)(CCC(CCCCC)C1CCCCCC1)OC([PH+]=O)(C(=O)O)C(O)OCCC. The van der Waals surface area contributed by atoms with Crippen molar-refractivity contribution in [1.82, 2.24) is 0 Å². The van der Waals surface area contributed by atoms with E-state index in [9.17, 15) is 19.6 Å². The number of hydrogen-bond donors (Lipinski definition) is 3. The molecule has 1 saturated carbocycles. The Bertz CT molecular complexity index is 645. The second kappa shape index (κ2) is 21.5. The highest BCUT2D eigenvalue weighted by Gasteiger charge is 2.61. The number of unbranched alkanes of at least 4 members (excludes halogenated alkanes) is 8. The van der Waals surface area contributed by atoms with E-state index in [1.165, 1.54) is 89.9 Å². The summed E-state index contributed by atoms with van der Waals surface area (Å²) in [6, 6.07) is 0. The molecule has 0 aliphatic heterocycles. The van der Waals surface area contributed by atoms with Crippen molar-refractivity contribution in [2.24, 2.45) is 11.8 Å². The van der Waals surface area contributed by atoms with Gasteiger partial charge in [0.25, 0.3) is 0 Å². The molecule has 0 aromatic heterocycles. The molecular formula is C31H60O6PS+. The summed E-state index contributed by atoms with van der Waals surface area (Å²) in [4.78, 5) is 11.3. The lowest BCUT2D eigenvalue weighted by atomic mass is 9.79. The Morgan fingerprint density at radius 2 is 1.46 bits per heavy atom. The number of thiol groups is 1. The first-order valence-corrected chi connectivity index (χ1v) is 17.5. The first kappa shape index (κ1) is 36.8. The highest BCUT2D eigenvalue weighted by molar-refractivity contribution is 7.81. The quantitative estimate of drug-likeness (QED) is 0.0341. The van der Waals surface area contributed by atoms with Gasteiger partial charge in [0.15, 0.2) is 0 Å². The fourth-order valence-corrected chi connectivity index (χ4v) is 7.04. The third-order valence-electron chi connectivity index (χ3n) is 8.47. The molecule has 5 unspecified atom stereocenters. The minimum absolute atomic E-state index is 0.155. The van der Waals surface area contributed by atoms with Crippen LogP contribution in [0.15, 0.2) is 0 Å². The van der Waals surface area contributed by atoms with E-state index in [4.69, 9.17) is 22.1 Å². The van der Waals surface area contributed by atoms with Gasteiger partial charge in [-0.15, -0.1) is 12.6 Å². The van der Waals surface area contributed by atoms with Gasteiger partial charge in [-0.25, -0.2) is 4.79 Å². The third kappa shape index (κ3) is 14.0. The lowest BCUT2D eigenvalue weighted by Gasteiger charge is -2.36. The normalized spacial score (nSPS) is 19.7. The maximum absolute atomic E-state index is 12.4. The van der Waals surface area contributed by atoms with Crippen LogP contribution in [0.4, 0.5) is 0 Å². The second-order valence-corrected chi connectivity index (χ2v) is 13.6. The van der Waals surface area contributed by atoms with Gasteiger partial charge in [0.05, 0.1) is 0 Å². The Morgan fingerprint density at radius 3 is 2.03 bits per heavy atom. The van der Waals surface area contributed by atoms with E-state index in [0.29, 0.717) is 31.1 Å². The number of aliphatic hydroxyl groups is 1. The van der Waals surface area contributed by atoms with Crippen molar-refractivity contribution < 1.29 is 29.0 Å². The monoisotopic (exact) mass is 591 g/mol. The summed E-state index contributed by atoms with van der Waals surface area (Å²) in [5.41, 5.74) is 0. The minimum Gasteiger partial charge on any atom is -0.476 e. The lowest BCUT2D eigenvalue weighted by molar-refractivity contribution is -0.227. The molecule has 2 N–H and O–H groups in total. The number of ether oxygens (including phenoxy) is 2. The smallest absolute Gasteiger partial charge is 0.411 e. The molecule has 1 aliphatic carbocycles. The summed E-state index contributed by atoms with van der Waals surface area (Å²) in [5, 5.41) is 18.5. The molecule has 1 aliphatic rings. The third-order valence-corrected chi connectivity index (χ3v) is 9.87. The molecule has 0 bridgehead atoms. The number of aliphatic carboxylic acids is 1. The van der Waals surface area contributed by atoms with Crippen LogP contribution in [0, 0.1) is 11.8 Å². The number of carbonyl (C=O) groups is 1. The second-order valence-electron chi connectivity index (χ2n) is 11.8. The molecule has 0 spiro atoms. The summed E-state index contributed by atoms with van der Waals surface area (Å²) >= 11 is 4.99. The Hall–Kier alpha value is -0.200. The number of rotatable bonds is 24. The van der Waals surface area contributed by atoms with Crippen LogP contribution in [0.5, 0.6) is 0 Å². The van der Waals surface area contributed by atoms with Crippen LogP contribution in [0.2, 0.25) is 0 Å². The van der Waals surface area contributed by atoms with Crippen molar-refractivity contribution in [1.29, 1.82) is 0 Å². The van der Waals surface area contributed by atoms with Crippen LogP contribution >= 0.6 is 21.1 Å². The van der Waals surface area contributed by atoms with Gasteiger partial charge in [-0.05, 0) is 43.9 Å². The average Bonchev–Trinajstić information content (AvgIpc) is 3.21. The molecule has 1 fully saturated rings.